The summed E-state index contributed by atoms with van der Waals surface area (Å²) in [5.41, 5.74) is 3.33. The van der Waals surface area contributed by atoms with E-state index in [4.69, 9.17) is 4.74 Å². The molecule has 0 saturated heterocycles. The molecule has 2 heterocycles. The van der Waals surface area contributed by atoms with Crippen LogP contribution >= 0.6 is 11.9 Å². The quantitative estimate of drug-likeness (QED) is 0.428. The lowest BCUT2D eigenvalue weighted by molar-refractivity contribution is 0.137. The Morgan fingerprint density at radius 1 is 1.15 bits per heavy atom. The van der Waals surface area contributed by atoms with E-state index >= 15 is 0 Å². The lowest BCUT2D eigenvalue weighted by atomic mass is 10.2. The van der Waals surface area contributed by atoms with Crippen molar-refractivity contribution >= 4 is 23.0 Å². The van der Waals surface area contributed by atoms with Gasteiger partial charge in [-0.25, -0.2) is 4.98 Å². The standard InChI is InChI=1S/C20H26N4OS/c1-3-4-12-25-13-11-22-26-18-7-5-17(6-8-18)15-24-16(2)23-19-9-10-21-14-20(19)24/h5-10,14,22H,3-4,11-13,15H2,1-2H3. The fourth-order valence-electron chi connectivity index (χ4n) is 2.73. The van der Waals surface area contributed by atoms with Crippen LogP contribution in [0.4, 0.5) is 0 Å². The number of nitrogens with zero attached hydrogens (tertiary/aromatic N) is 3. The van der Waals surface area contributed by atoms with Crippen molar-refractivity contribution < 1.29 is 4.74 Å². The zero-order valence-electron chi connectivity index (χ0n) is 15.4. The molecule has 2 aromatic heterocycles. The van der Waals surface area contributed by atoms with Crippen molar-refractivity contribution in [1.29, 1.82) is 0 Å². The Kier molecular flexibility index (Phi) is 7.05. The van der Waals surface area contributed by atoms with E-state index < -0.39 is 0 Å². The first kappa shape index (κ1) is 18.9. The number of unbranched alkanes of at least 4 members (excludes halogenated alkanes) is 1. The third kappa shape index (κ3) is 5.06. The first-order valence-electron chi connectivity index (χ1n) is 9.11. The molecule has 0 spiro atoms. The minimum absolute atomic E-state index is 0.756. The molecular formula is C20H26N4OS. The molecule has 0 bridgehead atoms. The minimum atomic E-state index is 0.756. The second-order valence-electron chi connectivity index (χ2n) is 6.22. The molecule has 0 saturated carbocycles. The fourth-order valence-corrected chi connectivity index (χ4v) is 3.36. The number of hydrogen-bond donors (Lipinski definition) is 1. The van der Waals surface area contributed by atoms with Crippen molar-refractivity contribution in [2.75, 3.05) is 19.8 Å². The lowest BCUT2D eigenvalue weighted by Gasteiger charge is -2.09. The predicted octanol–water partition coefficient (Wildman–Crippen LogP) is 4.20. The van der Waals surface area contributed by atoms with Crippen molar-refractivity contribution in [1.82, 2.24) is 19.3 Å². The number of pyridine rings is 1. The summed E-state index contributed by atoms with van der Waals surface area (Å²) in [6.45, 7) is 7.48. The summed E-state index contributed by atoms with van der Waals surface area (Å²) >= 11 is 1.65. The van der Waals surface area contributed by atoms with Crippen molar-refractivity contribution in [2.24, 2.45) is 0 Å². The number of benzene rings is 1. The van der Waals surface area contributed by atoms with E-state index in [0.29, 0.717) is 0 Å². The van der Waals surface area contributed by atoms with Gasteiger partial charge in [-0.15, -0.1) is 0 Å². The second-order valence-corrected chi connectivity index (χ2v) is 7.18. The maximum absolute atomic E-state index is 5.55. The zero-order chi connectivity index (χ0) is 18.2. The van der Waals surface area contributed by atoms with Gasteiger partial charge in [-0.1, -0.05) is 25.5 Å². The molecule has 3 rings (SSSR count). The number of aromatic nitrogens is 3. The topological polar surface area (TPSA) is 52.0 Å². The average molecular weight is 371 g/mol. The van der Waals surface area contributed by atoms with Gasteiger partial charge in [-0.3, -0.25) is 9.71 Å². The van der Waals surface area contributed by atoms with Crippen LogP contribution in [0.3, 0.4) is 0 Å². The van der Waals surface area contributed by atoms with Crippen LogP contribution in [0.15, 0.2) is 47.6 Å². The number of imidazole rings is 1. The van der Waals surface area contributed by atoms with Crippen LogP contribution in [0, 0.1) is 6.92 Å². The van der Waals surface area contributed by atoms with Crippen LogP contribution < -0.4 is 4.72 Å². The highest BCUT2D eigenvalue weighted by atomic mass is 32.2. The summed E-state index contributed by atoms with van der Waals surface area (Å²) in [4.78, 5) is 10.0. The molecule has 6 heteroatoms. The molecule has 0 aliphatic rings. The first-order chi connectivity index (χ1) is 12.8. The first-order valence-corrected chi connectivity index (χ1v) is 9.93. The highest BCUT2D eigenvalue weighted by molar-refractivity contribution is 7.97. The maximum Gasteiger partial charge on any atom is 0.107 e. The maximum atomic E-state index is 5.55. The van der Waals surface area contributed by atoms with Crippen LogP contribution in [0.5, 0.6) is 0 Å². The van der Waals surface area contributed by atoms with Gasteiger partial charge in [0.2, 0.25) is 0 Å². The van der Waals surface area contributed by atoms with E-state index in [9.17, 15) is 0 Å². The van der Waals surface area contributed by atoms with Crippen molar-refractivity contribution in [2.45, 2.75) is 38.1 Å². The van der Waals surface area contributed by atoms with E-state index in [1.54, 1.807) is 18.1 Å². The molecule has 0 fully saturated rings. The molecule has 1 N–H and O–H groups in total. The van der Waals surface area contributed by atoms with Gasteiger partial charge >= 0.3 is 0 Å². The van der Waals surface area contributed by atoms with Gasteiger partial charge in [0.05, 0.1) is 23.8 Å². The van der Waals surface area contributed by atoms with E-state index in [0.717, 1.165) is 49.6 Å². The molecule has 0 unspecified atom stereocenters. The number of aryl methyl sites for hydroxylation is 1. The molecule has 0 radical (unpaired) electrons. The van der Waals surface area contributed by atoms with Crippen LogP contribution in [0.2, 0.25) is 0 Å². The summed E-state index contributed by atoms with van der Waals surface area (Å²) < 4.78 is 11.1. The van der Waals surface area contributed by atoms with Crippen LogP contribution in [0.1, 0.15) is 31.2 Å². The highest BCUT2D eigenvalue weighted by Gasteiger charge is 2.07. The Hall–Kier alpha value is -1.89. The Morgan fingerprint density at radius 2 is 2.00 bits per heavy atom. The molecule has 0 atom stereocenters. The van der Waals surface area contributed by atoms with Crippen molar-refractivity contribution in [3.63, 3.8) is 0 Å². The van der Waals surface area contributed by atoms with Gasteiger partial charge in [-0.2, -0.15) is 0 Å². The van der Waals surface area contributed by atoms with E-state index in [2.05, 4.69) is 50.4 Å². The van der Waals surface area contributed by atoms with Gasteiger partial charge in [0.15, 0.2) is 0 Å². The molecule has 3 aromatic rings. The van der Waals surface area contributed by atoms with Crippen molar-refractivity contribution in [3.05, 3.63) is 54.1 Å². The number of ether oxygens (including phenoxy) is 1. The lowest BCUT2D eigenvalue weighted by Crippen LogP contribution is -2.12. The SMILES string of the molecule is CCCCOCCNSc1ccc(Cn2c(C)nc3ccncc32)cc1. The largest absolute Gasteiger partial charge is 0.380 e. The minimum Gasteiger partial charge on any atom is -0.380 e. The normalized spacial score (nSPS) is 11.3. The Bertz CT molecular complexity index is 816. The highest BCUT2D eigenvalue weighted by Crippen LogP contribution is 2.19. The molecule has 0 aliphatic carbocycles. The van der Waals surface area contributed by atoms with Gasteiger partial charge < -0.3 is 9.30 Å². The Balaban J connectivity index is 1.51. The van der Waals surface area contributed by atoms with E-state index in [1.807, 2.05) is 19.2 Å². The van der Waals surface area contributed by atoms with Crippen LogP contribution in [0.25, 0.3) is 11.0 Å². The predicted molar refractivity (Wildman–Crippen MR) is 107 cm³/mol. The number of nitrogens with one attached hydrogen (secondary N) is 1. The van der Waals surface area contributed by atoms with Crippen LogP contribution in [-0.2, 0) is 11.3 Å². The molecular weight excluding hydrogens is 344 g/mol. The molecule has 1 aromatic carbocycles. The molecule has 5 nitrogen and oxygen atoms in total. The summed E-state index contributed by atoms with van der Waals surface area (Å²) in [5.74, 6) is 1.01. The molecule has 0 aliphatic heterocycles. The number of rotatable bonds is 10. The average Bonchev–Trinajstić information content (AvgIpc) is 2.98. The summed E-state index contributed by atoms with van der Waals surface area (Å²) in [7, 11) is 0. The second kappa shape index (κ2) is 9.71. The Labute approximate surface area is 159 Å². The fraction of sp³-hybridized carbons (Fsp3) is 0.400. The monoisotopic (exact) mass is 370 g/mol. The van der Waals surface area contributed by atoms with Gasteiger partial charge in [-0.05, 0) is 49.1 Å². The molecule has 0 amide bonds. The summed E-state index contributed by atoms with van der Waals surface area (Å²) in [6, 6.07) is 10.6. The molecule has 26 heavy (non-hydrogen) atoms. The third-order valence-electron chi connectivity index (χ3n) is 4.19. The third-order valence-corrected chi connectivity index (χ3v) is 5.04. The van der Waals surface area contributed by atoms with Crippen molar-refractivity contribution in [3.8, 4) is 0 Å². The summed E-state index contributed by atoms with van der Waals surface area (Å²) in [5, 5.41) is 0. The van der Waals surface area contributed by atoms with Gasteiger partial charge in [0.1, 0.15) is 5.82 Å². The number of hydrogen-bond acceptors (Lipinski definition) is 5. The number of fused-ring (bicyclic) bond motifs is 1. The summed E-state index contributed by atoms with van der Waals surface area (Å²) in [6.07, 6.45) is 5.98. The smallest absolute Gasteiger partial charge is 0.107 e. The van der Waals surface area contributed by atoms with E-state index in [-0.39, 0.29) is 0 Å². The zero-order valence-corrected chi connectivity index (χ0v) is 16.3. The Morgan fingerprint density at radius 3 is 2.81 bits per heavy atom. The molecule has 138 valence electrons. The van der Waals surface area contributed by atoms with Crippen LogP contribution in [-0.4, -0.2) is 34.3 Å². The van der Waals surface area contributed by atoms with Gasteiger partial charge in [0, 0.05) is 30.8 Å². The van der Waals surface area contributed by atoms with Gasteiger partial charge in [0.25, 0.3) is 0 Å². The van der Waals surface area contributed by atoms with E-state index in [1.165, 1.54) is 16.9 Å².